The minimum atomic E-state index is -4.70. The Kier molecular flexibility index (Phi) is 4.31. The standard InChI is InChI=1S/C15H13ClF3N5O2/c16-5-11-21-10-4-8(12-22-14(26-23-12)15(17,18)19)6-20-13(10)24(11)7-9-2-1-3-25-9/h4,6,9H,1-3,5,7H2. The molecule has 1 saturated heterocycles. The van der Waals surface area contributed by atoms with Crippen molar-refractivity contribution in [3.8, 4) is 11.4 Å². The molecule has 138 valence electrons. The van der Waals surface area contributed by atoms with Crippen LogP contribution >= 0.6 is 11.6 Å². The summed E-state index contributed by atoms with van der Waals surface area (Å²) in [6.07, 6.45) is -1.29. The zero-order valence-corrected chi connectivity index (χ0v) is 14.1. The number of rotatable bonds is 4. The summed E-state index contributed by atoms with van der Waals surface area (Å²) in [5.74, 6) is -0.810. The minimum absolute atomic E-state index is 0.0717. The van der Waals surface area contributed by atoms with Gasteiger partial charge in [0.25, 0.3) is 0 Å². The Balaban J connectivity index is 1.70. The highest BCUT2D eigenvalue weighted by Gasteiger charge is 2.38. The average molecular weight is 388 g/mol. The highest BCUT2D eigenvalue weighted by molar-refractivity contribution is 6.16. The molecule has 0 N–H and O–H groups in total. The molecule has 1 aliphatic heterocycles. The molecule has 0 bridgehead atoms. The van der Waals surface area contributed by atoms with E-state index in [1.807, 2.05) is 4.57 Å². The zero-order valence-electron chi connectivity index (χ0n) is 13.3. The van der Waals surface area contributed by atoms with Crippen LogP contribution in [0.3, 0.4) is 0 Å². The largest absolute Gasteiger partial charge is 0.471 e. The van der Waals surface area contributed by atoms with Gasteiger partial charge in [-0.3, -0.25) is 0 Å². The molecule has 4 heterocycles. The number of imidazole rings is 1. The summed E-state index contributed by atoms with van der Waals surface area (Å²) in [4.78, 5) is 12.1. The first-order valence-corrected chi connectivity index (χ1v) is 8.43. The smallest absolute Gasteiger partial charge is 0.376 e. The molecule has 0 saturated carbocycles. The second-order valence-electron chi connectivity index (χ2n) is 5.89. The number of hydrogen-bond donors (Lipinski definition) is 0. The summed E-state index contributed by atoms with van der Waals surface area (Å²) in [5.41, 5.74) is 1.36. The molecule has 26 heavy (non-hydrogen) atoms. The van der Waals surface area contributed by atoms with E-state index in [1.165, 1.54) is 6.20 Å². The van der Waals surface area contributed by atoms with Gasteiger partial charge in [-0.25, -0.2) is 9.97 Å². The fourth-order valence-corrected chi connectivity index (χ4v) is 3.13. The summed E-state index contributed by atoms with van der Waals surface area (Å²) < 4.78 is 49.6. The molecule has 0 spiro atoms. The molecule has 0 aromatic carbocycles. The molecule has 4 rings (SSSR count). The summed E-state index contributed by atoms with van der Waals surface area (Å²) in [6, 6.07) is 1.56. The van der Waals surface area contributed by atoms with Gasteiger partial charge in [0.1, 0.15) is 11.3 Å². The van der Waals surface area contributed by atoms with Gasteiger partial charge in [0, 0.05) is 18.4 Å². The first kappa shape index (κ1) is 17.2. The third kappa shape index (κ3) is 3.14. The number of pyridine rings is 1. The number of fused-ring (bicyclic) bond motifs is 1. The van der Waals surface area contributed by atoms with Crippen LogP contribution in [0.4, 0.5) is 13.2 Å². The van der Waals surface area contributed by atoms with Crippen molar-refractivity contribution in [1.82, 2.24) is 24.7 Å². The molecule has 1 atom stereocenters. The Morgan fingerprint density at radius 2 is 2.15 bits per heavy atom. The Morgan fingerprint density at radius 3 is 2.81 bits per heavy atom. The predicted octanol–water partition coefficient (Wildman–Crippen LogP) is 3.42. The maximum atomic E-state index is 12.6. The van der Waals surface area contributed by atoms with Crippen LogP contribution in [0, 0.1) is 0 Å². The van der Waals surface area contributed by atoms with Gasteiger partial charge in [0.05, 0.1) is 18.5 Å². The lowest BCUT2D eigenvalue weighted by molar-refractivity contribution is -0.159. The SMILES string of the molecule is FC(F)(F)c1nc(-c2cnc3c(c2)nc(CCl)n3CC2CCCO2)no1. The quantitative estimate of drug-likeness (QED) is 0.638. The number of aromatic nitrogens is 5. The van der Waals surface area contributed by atoms with Crippen LogP contribution in [-0.2, 0) is 23.3 Å². The van der Waals surface area contributed by atoms with E-state index in [4.69, 9.17) is 16.3 Å². The van der Waals surface area contributed by atoms with Crippen molar-refractivity contribution in [2.75, 3.05) is 6.61 Å². The number of alkyl halides is 4. The Bertz CT molecular complexity index is 933. The van der Waals surface area contributed by atoms with Crippen molar-refractivity contribution in [2.45, 2.75) is 37.5 Å². The van der Waals surface area contributed by atoms with Crippen LogP contribution < -0.4 is 0 Å². The third-order valence-corrected chi connectivity index (χ3v) is 4.36. The Hall–Kier alpha value is -2.20. The Labute approximate surface area is 150 Å². The van der Waals surface area contributed by atoms with Crippen molar-refractivity contribution in [2.24, 2.45) is 0 Å². The van der Waals surface area contributed by atoms with Gasteiger partial charge in [-0.1, -0.05) is 5.16 Å². The lowest BCUT2D eigenvalue weighted by Crippen LogP contribution is -2.16. The number of hydrogen-bond acceptors (Lipinski definition) is 6. The Morgan fingerprint density at radius 1 is 1.31 bits per heavy atom. The van der Waals surface area contributed by atoms with E-state index >= 15 is 0 Å². The van der Waals surface area contributed by atoms with E-state index in [1.54, 1.807) is 6.07 Å². The summed E-state index contributed by atoms with van der Waals surface area (Å²) in [7, 11) is 0. The molecular weight excluding hydrogens is 375 g/mol. The number of nitrogens with zero attached hydrogens (tertiary/aromatic N) is 5. The molecule has 11 heteroatoms. The molecular formula is C15H13ClF3N5O2. The molecule has 3 aromatic rings. The predicted molar refractivity (Wildman–Crippen MR) is 84.4 cm³/mol. The average Bonchev–Trinajstić information content (AvgIpc) is 3.34. The fourth-order valence-electron chi connectivity index (χ4n) is 2.92. The van der Waals surface area contributed by atoms with Gasteiger partial charge >= 0.3 is 12.1 Å². The molecule has 0 amide bonds. The van der Waals surface area contributed by atoms with Crippen molar-refractivity contribution < 1.29 is 22.4 Å². The van der Waals surface area contributed by atoms with Gasteiger partial charge in [0.15, 0.2) is 5.65 Å². The molecule has 7 nitrogen and oxygen atoms in total. The van der Waals surface area contributed by atoms with Crippen LogP contribution in [0.2, 0.25) is 0 Å². The second-order valence-corrected chi connectivity index (χ2v) is 6.16. The third-order valence-electron chi connectivity index (χ3n) is 4.12. The van der Waals surface area contributed by atoms with Crippen molar-refractivity contribution in [1.29, 1.82) is 0 Å². The lowest BCUT2D eigenvalue weighted by Gasteiger charge is -2.12. The van der Waals surface area contributed by atoms with Gasteiger partial charge < -0.3 is 13.8 Å². The summed E-state index contributed by atoms with van der Waals surface area (Å²) in [6.45, 7) is 1.30. The minimum Gasteiger partial charge on any atom is -0.376 e. The second kappa shape index (κ2) is 6.51. The highest BCUT2D eigenvalue weighted by Crippen LogP contribution is 2.30. The lowest BCUT2D eigenvalue weighted by atomic mass is 10.2. The normalized spacial score (nSPS) is 18.1. The van der Waals surface area contributed by atoms with Crippen LogP contribution in [0.5, 0.6) is 0 Å². The maximum absolute atomic E-state index is 12.6. The van der Waals surface area contributed by atoms with Gasteiger partial charge in [-0.15, -0.1) is 11.6 Å². The fraction of sp³-hybridized carbons (Fsp3) is 0.467. The van der Waals surface area contributed by atoms with E-state index < -0.39 is 12.1 Å². The van der Waals surface area contributed by atoms with E-state index in [9.17, 15) is 13.2 Å². The maximum Gasteiger partial charge on any atom is 0.471 e. The van der Waals surface area contributed by atoms with Gasteiger partial charge in [-0.05, 0) is 18.9 Å². The first-order chi connectivity index (χ1) is 12.5. The molecule has 1 unspecified atom stereocenters. The van der Waals surface area contributed by atoms with Crippen molar-refractivity contribution in [3.63, 3.8) is 0 Å². The van der Waals surface area contributed by atoms with Crippen LogP contribution in [-0.4, -0.2) is 37.4 Å². The molecule has 0 aliphatic carbocycles. The van der Waals surface area contributed by atoms with E-state index in [0.717, 1.165) is 19.4 Å². The highest BCUT2D eigenvalue weighted by atomic mass is 35.5. The number of ether oxygens (including phenoxy) is 1. The van der Waals surface area contributed by atoms with E-state index in [0.29, 0.717) is 23.5 Å². The monoisotopic (exact) mass is 387 g/mol. The van der Waals surface area contributed by atoms with Gasteiger partial charge in [-0.2, -0.15) is 18.2 Å². The summed E-state index contributed by atoms with van der Waals surface area (Å²) in [5, 5.41) is 3.37. The van der Waals surface area contributed by atoms with E-state index in [-0.39, 0.29) is 23.4 Å². The first-order valence-electron chi connectivity index (χ1n) is 7.89. The molecule has 0 radical (unpaired) electrons. The van der Waals surface area contributed by atoms with Crippen molar-refractivity contribution >= 4 is 22.8 Å². The molecule has 3 aromatic heterocycles. The van der Waals surface area contributed by atoms with Crippen LogP contribution in [0.1, 0.15) is 24.6 Å². The van der Waals surface area contributed by atoms with Crippen LogP contribution in [0.25, 0.3) is 22.6 Å². The molecule has 1 aliphatic rings. The van der Waals surface area contributed by atoms with E-state index in [2.05, 4.69) is 24.6 Å². The zero-order chi connectivity index (χ0) is 18.3. The van der Waals surface area contributed by atoms with Crippen molar-refractivity contribution in [3.05, 3.63) is 24.0 Å². The van der Waals surface area contributed by atoms with Gasteiger partial charge in [0.2, 0.25) is 5.82 Å². The summed E-state index contributed by atoms with van der Waals surface area (Å²) >= 11 is 5.98. The topological polar surface area (TPSA) is 78.9 Å². The number of halogens is 4. The molecule has 1 fully saturated rings. The van der Waals surface area contributed by atoms with Crippen LogP contribution in [0.15, 0.2) is 16.8 Å².